The third-order valence-corrected chi connectivity index (χ3v) is 3.48. The summed E-state index contributed by atoms with van der Waals surface area (Å²) in [6.07, 6.45) is 3.28. The lowest BCUT2D eigenvalue weighted by atomic mass is 10.1. The second-order valence-corrected chi connectivity index (χ2v) is 5.25. The van der Waals surface area contributed by atoms with E-state index in [0.29, 0.717) is 6.04 Å². The molecule has 1 amide bonds. The Labute approximate surface area is 119 Å². The summed E-state index contributed by atoms with van der Waals surface area (Å²) in [5, 5.41) is 6.29. The molecule has 0 saturated carbocycles. The smallest absolute Gasteiger partial charge is 0.236 e. The second kappa shape index (κ2) is 11.2. The Hall–Kier alpha value is -0.610. The molecule has 0 heterocycles. The van der Waals surface area contributed by atoms with E-state index in [4.69, 9.17) is 0 Å². The fraction of sp³-hybridized carbons (Fsp3) is 0.933. The van der Waals surface area contributed by atoms with E-state index in [1.807, 2.05) is 6.92 Å². The summed E-state index contributed by atoms with van der Waals surface area (Å²) in [6, 6.07) is 0.285. The first kappa shape index (κ1) is 18.4. The molecule has 19 heavy (non-hydrogen) atoms. The van der Waals surface area contributed by atoms with Crippen molar-refractivity contribution >= 4 is 5.91 Å². The lowest BCUT2D eigenvalue weighted by Crippen LogP contribution is -2.46. The summed E-state index contributed by atoms with van der Waals surface area (Å²) in [4.78, 5) is 14.2. The minimum Gasteiger partial charge on any atom is -0.355 e. The first-order chi connectivity index (χ1) is 9.04. The van der Waals surface area contributed by atoms with Gasteiger partial charge in [0.2, 0.25) is 5.91 Å². The molecule has 0 aromatic carbocycles. The van der Waals surface area contributed by atoms with Gasteiger partial charge in [0.05, 0.1) is 6.04 Å². The Morgan fingerprint density at radius 2 is 1.79 bits per heavy atom. The molecule has 0 saturated heterocycles. The summed E-state index contributed by atoms with van der Waals surface area (Å²) in [5.41, 5.74) is 0. The van der Waals surface area contributed by atoms with Crippen LogP contribution in [0.3, 0.4) is 0 Å². The highest BCUT2D eigenvalue weighted by molar-refractivity contribution is 5.81. The molecule has 2 N–H and O–H groups in total. The molecule has 0 rings (SSSR count). The predicted molar refractivity (Wildman–Crippen MR) is 82.4 cm³/mol. The Kier molecular flexibility index (Phi) is 10.9. The molecule has 0 fully saturated rings. The maximum absolute atomic E-state index is 11.7. The summed E-state index contributed by atoms with van der Waals surface area (Å²) in [7, 11) is 0. The number of nitrogens with one attached hydrogen (secondary N) is 2. The maximum Gasteiger partial charge on any atom is 0.236 e. The molecule has 0 bridgehead atoms. The third kappa shape index (κ3) is 9.00. The largest absolute Gasteiger partial charge is 0.355 e. The lowest BCUT2D eigenvalue weighted by Gasteiger charge is -2.22. The van der Waals surface area contributed by atoms with Crippen LogP contribution in [0.4, 0.5) is 0 Å². The molecule has 4 heteroatoms. The van der Waals surface area contributed by atoms with Crippen LogP contribution in [0.15, 0.2) is 0 Å². The van der Waals surface area contributed by atoms with Gasteiger partial charge in [-0.05, 0) is 52.7 Å². The highest BCUT2D eigenvalue weighted by atomic mass is 16.2. The fourth-order valence-electron chi connectivity index (χ4n) is 2.15. The van der Waals surface area contributed by atoms with Crippen molar-refractivity contribution < 1.29 is 4.79 Å². The molecule has 2 atom stereocenters. The number of rotatable bonds is 11. The van der Waals surface area contributed by atoms with Gasteiger partial charge in [-0.15, -0.1) is 0 Å². The van der Waals surface area contributed by atoms with E-state index in [1.54, 1.807) is 0 Å². The summed E-state index contributed by atoms with van der Waals surface area (Å²) >= 11 is 0. The summed E-state index contributed by atoms with van der Waals surface area (Å²) < 4.78 is 0. The van der Waals surface area contributed by atoms with Gasteiger partial charge in [0, 0.05) is 12.6 Å². The highest BCUT2D eigenvalue weighted by Crippen LogP contribution is 2.01. The fourth-order valence-corrected chi connectivity index (χ4v) is 2.15. The minimum atomic E-state index is -0.102. The molecule has 4 nitrogen and oxygen atoms in total. The van der Waals surface area contributed by atoms with Gasteiger partial charge in [-0.25, -0.2) is 0 Å². The second-order valence-electron chi connectivity index (χ2n) is 5.25. The molecule has 0 aliphatic rings. The van der Waals surface area contributed by atoms with Crippen LogP contribution in [-0.4, -0.2) is 49.1 Å². The van der Waals surface area contributed by atoms with Gasteiger partial charge >= 0.3 is 0 Å². The van der Waals surface area contributed by atoms with Crippen LogP contribution >= 0.6 is 0 Å². The molecule has 0 aromatic heterocycles. The van der Waals surface area contributed by atoms with Gasteiger partial charge in [0.25, 0.3) is 0 Å². The minimum absolute atomic E-state index is 0.102. The van der Waals surface area contributed by atoms with Crippen LogP contribution in [0, 0.1) is 0 Å². The van der Waals surface area contributed by atoms with Crippen molar-refractivity contribution in [3.63, 3.8) is 0 Å². The van der Waals surface area contributed by atoms with E-state index in [9.17, 15) is 4.79 Å². The number of hydrogen-bond acceptors (Lipinski definition) is 3. The number of hydrogen-bond donors (Lipinski definition) is 2. The van der Waals surface area contributed by atoms with Crippen molar-refractivity contribution in [3.05, 3.63) is 0 Å². The zero-order valence-corrected chi connectivity index (χ0v) is 13.5. The maximum atomic E-state index is 11.7. The van der Waals surface area contributed by atoms with E-state index >= 15 is 0 Å². The number of carbonyl (C=O) groups is 1. The highest BCUT2D eigenvalue weighted by Gasteiger charge is 2.14. The van der Waals surface area contributed by atoms with Gasteiger partial charge in [0.15, 0.2) is 0 Å². The number of amides is 1. The molecule has 0 aliphatic heterocycles. The summed E-state index contributed by atoms with van der Waals surface area (Å²) in [5.74, 6) is 0.109. The van der Waals surface area contributed by atoms with Crippen LogP contribution in [0.2, 0.25) is 0 Å². The van der Waals surface area contributed by atoms with Crippen molar-refractivity contribution in [1.82, 2.24) is 15.5 Å². The quantitative estimate of drug-likeness (QED) is 0.604. The zero-order valence-electron chi connectivity index (χ0n) is 13.5. The van der Waals surface area contributed by atoms with Crippen molar-refractivity contribution in [1.29, 1.82) is 0 Å². The van der Waals surface area contributed by atoms with Crippen molar-refractivity contribution in [2.45, 2.75) is 66.0 Å². The normalized spacial score (nSPS) is 14.4. The number of nitrogens with zero attached hydrogens (tertiary/aromatic N) is 1. The van der Waals surface area contributed by atoms with E-state index in [1.165, 1.54) is 6.42 Å². The lowest BCUT2D eigenvalue weighted by molar-refractivity contribution is -0.122. The Morgan fingerprint density at radius 3 is 2.32 bits per heavy atom. The number of carbonyl (C=O) groups excluding carboxylic acids is 1. The molecular formula is C15H33N3O. The van der Waals surface area contributed by atoms with E-state index in [2.05, 4.69) is 43.2 Å². The van der Waals surface area contributed by atoms with Crippen LogP contribution in [-0.2, 0) is 4.79 Å². The SMILES string of the molecule is CCCNC(=O)C(C)NC(C)CCCN(CC)CC. The van der Waals surface area contributed by atoms with E-state index in [-0.39, 0.29) is 11.9 Å². The van der Waals surface area contributed by atoms with E-state index < -0.39 is 0 Å². The van der Waals surface area contributed by atoms with Crippen molar-refractivity contribution in [2.24, 2.45) is 0 Å². The first-order valence-electron chi connectivity index (χ1n) is 7.81. The average Bonchev–Trinajstić information content (AvgIpc) is 2.40. The van der Waals surface area contributed by atoms with Crippen molar-refractivity contribution in [2.75, 3.05) is 26.2 Å². The van der Waals surface area contributed by atoms with Crippen LogP contribution in [0.5, 0.6) is 0 Å². The predicted octanol–water partition coefficient (Wildman–Crippen LogP) is 2.00. The topological polar surface area (TPSA) is 44.4 Å². The Bertz CT molecular complexity index is 229. The molecule has 0 radical (unpaired) electrons. The zero-order chi connectivity index (χ0) is 14.7. The Morgan fingerprint density at radius 1 is 1.16 bits per heavy atom. The average molecular weight is 271 g/mol. The van der Waals surface area contributed by atoms with Gasteiger partial charge in [-0.1, -0.05) is 20.8 Å². The Balaban J connectivity index is 3.78. The molecule has 0 spiro atoms. The summed E-state index contributed by atoms with van der Waals surface area (Å²) in [6.45, 7) is 14.7. The van der Waals surface area contributed by atoms with E-state index in [0.717, 1.165) is 39.0 Å². The molecule has 2 unspecified atom stereocenters. The van der Waals surface area contributed by atoms with Gasteiger partial charge in [-0.2, -0.15) is 0 Å². The van der Waals surface area contributed by atoms with Gasteiger partial charge in [0.1, 0.15) is 0 Å². The van der Waals surface area contributed by atoms with Gasteiger partial charge in [-0.3, -0.25) is 4.79 Å². The first-order valence-corrected chi connectivity index (χ1v) is 7.81. The third-order valence-electron chi connectivity index (χ3n) is 3.48. The molecular weight excluding hydrogens is 238 g/mol. The monoisotopic (exact) mass is 271 g/mol. The van der Waals surface area contributed by atoms with Crippen LogP contribution in [0.1, 0.15) is 53.9 Å². The molecule has 0 aliphatic carbocycles. The van der Waals surface area contributed by atoms with Crippen LogP contribution in [0.25, 0.3) is 0 Å². The van der Waals surface area contributed by atoms with Crippen molar-refractivity contribution in [3.8, 4) is 0 Å². The van der Waals surface area contributed by atoms with Crippen LogP contribution < -0.4 is 10.6 Å². The molecule has 0 aromatic rings. The molecule has 114 valence electrons. The van der Waals surface area contributed by atoms with Gasteiger partial charge < -0.3 is 15.5 Å². The standard InChI is InChI=1S/C15H33N3O/c1-6-11-16-15(19)14(5)17-13(4)10-9-12-18(7-2)8-3/h13-14,17H,6-12H2,1-5H3,(H,16,19).